The number of benzene rings is 2. The number of amides is 1. The van der Waals surface area contributed by atoms with E-state index in [0.29, 0.717) is 36.2 Å². The van der Waals surface area contributed by atoms with Crippen LogP contribution in [0.25, 0.3) is 10.9 Å². The second kappa shape index (κ2) is 10.9. The third kappa shape index (κ3) is 5.71. The molecule has 0 saturated heterocycles. The van der Waals surface area contributed by atoms with Crippen molar-refractivity contribution < 1.29 is 13.2 Å². The highest BCUT2D eigenvalue weighted by Crippen LogP contribution is 2.18. The molecule has 0 spiro atoms. The summed E-state index contributed by atoms with van der Waals surface area (Å²) in [5, 5.41) is 0.514. The molecule has 0 bridgehead atoms. The van der Waals surface area contributed by atoms with Crippen LogP contribution in [0.3, 0.4) is 0 Å². The quantitative estimate of drug-likeness (QED) is 0.475. The van der Waals surface area contributed by atoms with Crippen molar-refractivity contribution >= 4 is 26.8 Å². The molecule has 0 radical (unpaired) electrons. The molecule has 0 unspecified atom stereocenters. The average molecular weight is 485 g/mol. The van der Waals surface area contributed by atoms with Crippen LogP contribution in [0, 0.1) is 0 Å². The number of rotatable bonds is 10. The van der Waals surface area contributed by atoms with Gasteiger partial charge in [0, 0.05) is 25.6 Å². The number of carbonyl (C=O) groups is 1. The predicted octanol–water partition coefficient (Wildman–Crippen LogP) is 3.32. The molecule has 34 heavy (non-hydrogen) atoms. The van der Waals surface area contributed by atoms with Crippen molar-refractivity contribution in [1.82, 2.24) is 19.2 Å². The van der Waals surface area contributed by atoms with E-state index in [4.69, 9.17) is 0 Å². The van der Waals surface area contributed by atoms with Crippen molar-refractivity contribution in [3.8, 4) is 0 Å². The summed E-state index contributed by atoms with van der Waals surface area (Å²) in [5.74, 6) is 0.377. The van der Waals surface area contributed by atoms with Crippen molar-refractivity contribution in [3.05, 3.63) is 70.3 Å². The van der Waals surface area contributed by atoms with Crippen LogP contribution in [0.1, 0.15) is 45.5 Å². The van der Waals surface area contributed by atoms with Crippen LogP contribution in [0.4, 0.5) is 0 Å². The number of aromatic amines is 1. The van der Waals surface area contributed by atoms with E-state index in [1.165, 1.54) is 4.31 Å². The van der Waals surface area contributed by atoms with Crippen LogP contribution in [0.15, 0.2) is 58.2 Å². The van der Waals surface area contributed by atoms with E-state index in [0.717, 1.165) is 5.56 Å². The van der Waals surface area contributed by atoms with E-state index in [1.54, 1.807) is 47.4 Å². The van der Waals surface area contributed by atoms with E-state index < -0.39 is 10.0 Å². The summed E-state index contributed by atoms with van der Waals surface area (Å²) in [6, 6.07) is 13.7. The average Bonchev–Trinajstić information content (AvgIpc) is 2.81. The summed E-state index contributed by atoms with van der Waals surface area (Å²) in [6.45, 7) is 8.50. The second-order valence-corrected chi connectivity index (χ2v) is 10.3. The molecule has 0 aliphatic rings. The maximum absolute atomic E-state index is 13.0. The molecule has 0 atom stereocenters. The molecule has 3 aromatic rings. The smallest absolute Gasteiger partial charge is 0.258 e. The minimum Gasteiger partial charge on any atom is -0.333 e. The van der Waals surface area contributed by atoms with Gasteiger partial charge in [-0.1, -0.05) is 38.1 Å². The number of hydrogen-bond acceptors (Lipinski definition) is 5. The van der Waals surface area contributed by atoms with Gasteiger partial charge < -0.3 is 9.88 Å². The minimum absolute atomic E-state index is 0.0642. The predicted molar refractivity (Wildman–Crippen MR) is 133 cm³/mol. The van der Waals surface area contributed by atoms with Gasteiger partial charge in [0.05, 0.1) is 22.3 Å². The molecule has 1 heterocycles. The topological polar surface area (TPSA) is 103 Å². The SMILES string of the molecule is CCN(CC)S(=O)(=O)c1ccc(CCC(=O)N(Cc2nc3ccccc3c(=O)[nH]2)C(C)C)cc1. The van der Waals surface area contributed by atoms with Crippen molar-refractivity contribution in [2.24, 2.45) is 0 Å². The van der Waals surface area contributed by atoms with Gasteiger partial charge in [0.15, 0.2) is 0 Å². The molecule has 1 amide bonds. The van der Waals surface area contributed by atoms with Crippen LogP contribution < -0.4 is 5.56 Å². The van der Waals surface area contributed by atoms with Crippen molar-refractivity contribution in [2.45, 2.75) is 58.0 Å². The summed E-state index contributed by atoms with van der Waals surface area (Å²) in [5.41, 5.74) is 1.25. The summed E-state index contributed by atoms with van der Waals surface area (Å²) in [4.78, 5) is 34.6. The molecule has 1 N–H and O–H groups in total. The van der Waals surface area contributed by atoms with Crippen LogP contribution in [0.5, 0.6) is 0 Å². The second-order valence-electron chi connectivity index (χ2n) is 8.38. The maximum Gasteiger partial charge on any atom is 0.258 e. The van der Waals surface area contributed by atoms with Gasteiger partial charge in [-0.25, -0.2) is 13.4 Å². The van der Waals surface area contributed by atoms with Crippen LogP contribution >= 0.6 is 0 Å². The third-order valence-electron chi connectivity index (χ3n) is 5.82. The highest BCUT2D eigenvalue weighted by molar-refractivity contribution is 7.89. The van der Waals surface area contributed by atoms with Gasteiger partial charge in [-0.05, 0) is 50.1 Å². The largest absolute Gasteiger partial charge is 0.333 e. The Balaban J connectivity index is 1.69. The summed E-state index contributed by atoms with van der Waals surface area (Å²) < 4.78 is 26.7. The molecule has 1 aromatic heterocycles. The Hall–Kier alpha value is -3.04. The fourth-order valence-electron chi connectivity index (χ4n) is 3.87. The molecule has 0 fully saturated rings. The van der Waals surface area contributed by atoms with E-state index in [1.807, 2.05) is 33.8 Å². The number of nitrogens with zero attached hydrogens (tertiary/aromatic N) is 3. The van der Waals surface area contributed by atoms with Crippen molar-refractivity contribution in [3.63, 3.8) is 0 Å². The zero-order valence-electron chi connectivity index (χ0n) is 20.1. The molecule has 0 aliphatic carbocycles. The van der Waals surface area contributed by atoms with Crippen molar-refractivity contribution in [1.29, 1.82) is 0 Å². The van der Waals surface area contributed by atoms with E-state index >= 15 is 0 Å². The fraction of sp³-hybridized carbons (Fsp3) is 0.400. The molecule has 9 heteroatoms. The third-order valence-corrected chi connectivity index (χ3v) is 7.88. The molecule has 182 valence electrons. The van der Waals surface area contributed by atoms with Gasteiger partial charge in [0.25, 0.3) is 5.56 Å². The Morgan fingerprint density at radius 1 is 1.03 bits per heavy atom. The van der Waals surface area contributed by atoms with Gasteiger partial charge in [-0.3, -0.25) is 9.59 Å². The Bertz CT molecular complexity index is 1300. The number of aryl methyl sites for hydroxylation is 1. The number of hydrogen-bond donors (Lipinski definition) is 1. The summed E-state index contributed by atoms with van der Waals surface area (Å²) in [6.07, 6.45) is 0.744. The normalized spacial score (nSPS) is 11.9. The lowest BCUT2D eigenvalue weighted by atomic mass is 10.1. The van der Waals surface area contributed by atoms with Crippen LogP contribution in [-0.4, -0.2) is 52.6 Å². The highest BCUT2D eigenvalue weighted by Gasteiger charge is 2.22. The van der Waals surface area contributed by atoms with E-state index in [2.05, 4.69) is 9.97 Å². The molecule has 8 nitrogen and oxygen atoms in total. The number of aromatic nitrogens is 2. The first kappa shape index (κ1) is 25.6. The molecule has 0 aliphatic heterocycles. The zero-order chi connectivity index (χ0) is 24.9. The summed E-state index contributed by atoms with van der Waals surface area (Å²) >= 11 is 0. The Labute approximate surface area is 200 Å². The standard InChI is InChI=1S/C25H32N4O4S/c1-5-28(6-2)34(32,33)20-14-11-19(12-15-20)13-16-24(30)29(18(3)4)17-23-26-22-10-8-7-9-21(22)25(31)27-23/h7-12,14-15,18H,5-6,13,16-17H2,1-4H3,(H,26,27,31). The molecule has 2 aromatic carbocycles. The minimum atomic E-state index is -3.51. The Kier molecular flexibility index (Phi) is 8.22. The number of nitrogens with one attached hydrogen (secondary N) is 1. The number of fused-ring (bicyclic) bond motifs is 1. The van der Waals surface area contributed by atoms with E-state index in [-0.39, 0.29) is 35.4 Å². The van der Waals surface area contributed by atoms with Gasteiger partial charge >= 0.3 is 0 Å². The summed E-state index contributed by atoms with van der Waals surface area (Å²) in [7, 11) is -3.51. The number of sulfonamides is 1. The molecular formula is C25H32N4O4S. The Morgan fingerprint density at radius 2 is 1.68 bits per heavy atom. The van der Waals surface area contributed by atoms with E-state index in [9.17, 15) is 18.0 Å². The first-order chi connectivity index (χ1) is 16.2. The fourth-order valence-corrected chi connectivity index (χ4v) is 5.32. The first-order valence-electron chi connectivity index (χ1n) is 11.5. The molecular weight excluding hydrogens is 452 g/mol. The van der Waals surface area contributed by atoms with Gasteiger partial charge in [0.1, 0.15) is 5.82 Å². The van der Waals surface area contributed by atoms with Crippen molar-refractivity contribution in [2.75, 3.05) is 13.1 Å². The first-order valence-corrected chi connectivity index (χ1v) is 13.0. The van der Waals surface area contributed by atoms with Gasteiger partial charge in [0.2, 0.25) is 15.9 Å². The maximum atomic E-state index is 13.0. The lowest BCUT2D eigenvalue weighted by Crippen LogP contribution is -2.37. The zero-order valence-corrected chi connectivity index (χ0v) is 20.9. The lowest BCUT2D eigenvalue weighted by Gasteiger charge is -2.26. The van der Waals surface area contributed by atoms with Crippen LogP contribution in [0.2, 0.25) is 0 Å². The van der Waals surface area contributed by atoms with Gasteiger partial charge in [-0.2, -0.15) is 4.31 Å². The highest BCUT2D eigenvalue weighted by atomic mass is 32.2. The number of carbonyl (C=O) groups excluding carboxylic acids is 1. The number of para-hydroxylation sites is 1. The number of H-pyrrole nitrogens is 1. The van der Waals surface area contributed by atoms with Crippen LogP contribution in [-0.2, 0) is 27.8 Å². The Morgan fingerprint density at radius 3 is 2.29 bits per heavy atom. The molecule has 0 saturated carbocycles. The lowest BCUT2D eigenvalue weighted by molar-refractivity contribution is -0.133. The molecule has 3 rings (SSSR count). The monoisotopic (exact) mass is 484 g/mol. The van der Waals surface area contributed by atoms with Gasteiger partial charge in [-0.15, -0.1) is 0 Å².